The van der Waals surface area contributed by atoms with Crippen molar-refractivity contribution in [3.05, 3.63) is 59.2 Å². The zero-order valence-corrected chi connectivity index (χ0v) is 13.9. The number of carboxylic acid groups (broad SMARTS) is 1. The number of hydrazone groups is 1. The average Bonchev–Trinajstić information content (AvgIpc) is 2.60. The fraction of sp³-hybridized carbons (Fsp3) is 0.167. The van der Waals surface area contributed by atoms with Crippen molar-refractivity contribution in [2.45, 2.75) is 13.5 Å². The first kappa shape index (κ1) is 18.0. The molecular formula is C18H18N2O5. The van der Waals surface area contributed by atoms with Crippen LogP contribution in [0.2, 0.25) is 0 Å². The van der Waals surface area contributed by atoms with Crippen LogP contribution >= 0.6 is 0 Å². The Hall–Kier alpha value is -3.35. The summed E-state index contributed by atoms with van der Waals surface area (Å²) in [5.74, 6) is -0.154. The lowest BCUT2D eigenvalue weighted by atomic mass is 10.1. The number of carbonyl (C=O) groups is 2. The Balaban J connectivity index is 2.04. The Morgan fingerprint density at radius 3 is 2.48 bits per heavy atom. The van der Waals surface area contributed by atoms with E-state index in [2.05, 4.69) is 10.5 Å². The van der Waals surface area contributed by atoms with E-state index in [1.807, 2.05) is 0 Å². The van der Waals surface area contributed by atoms with Crippen molar-refractivity contribution in [2.24, 2.45) is 5.10 Å². The molecule has 0 aliphatic rings. The summed E-state index contributed by atoms with van der Waals surface area (Å²) in [6, 6.07) is 11.7. The van der Waals surface area contributed by atoms with Crippen LogP contribution in [-0.2, 0) is 11.4 Å². The largest absolute Gasteiger partial charge is 0.493 e. The molecule has 0 spiro atoms. The number of nitrogens with one attached hydrogen (secondary N) is 1. The molecular weight excluding hydrogens is 324 g/mol. The zero-order valence-electron chi connectivity index (χ0n) is 13.9. The number of nitrogens with zero attached hydrogens (tertiary/aromatic N) is 1. The van der Waals surface area contributed by atoms with Gasteiger partial charge < -0.3 is 14.6 Å². The van der Waals surface area contributed by atoms with Gasteiger partial charge in [-0.25, -0.2) is 10.2 Å². The number of carboxylic acids is 1. The maximum Gasteiger partial charge on any atom is 0.335 e. The molecule has 1 amide bonds. The van der Waals surface area contributed by atoms with Gasteiger partial charge in [-0.05, 0) is 41.5 Å². The van der Waals surface area contributed by atoms with Gasteiger partial charge in [-0.3, -0.25) is 4.79 Å². The number of amides is 1. The Bertz CT molecular complexity index is 785. The van der Waals surface area contributed by atoms with Gasteiger partial charge in [0.2, 0.25) is 5.91 Å². The Morgan fingerprint density at radius 1 is 1.16 bits per heavy atom. The molecule has 0 radical (unpaired) electrons. The second-order valence-electron chi connectivity index (χ2n) is 5.13. The van der Waals surface area contributed by atoms with E-state index in [1.54, 1.807) is 30.3 Å². The first-order valence-electron chi connectivity index (χ1n) is 7.42. The van der Waals surface area contributed by atoms with E-state index < -0.39 is 5.97 Å². The Morgan fingerprint density at radius 2 is 1.88 bits per heavy atom. The van der Waals surface area contributed by atoms with E-state index in [-0.39, 0.29) is 18.1 Å². The van der Waals surface area contributed by atoms with Crippen molar-refractivity contribution in [3.8, 4) is 11.5 Å². The van der Waals surface area contributed by atoms with Crippen LogP contribution in [0.25, 0.3) is 0 Å². The van der Waals surface area contributed by atoms with Crippen LogP contribution < -0.4 is 14.9 Å². The van der Waals surface area contributed by atoms with Crippen molar-refractivity contribution in [1.29, 1.82) is 0 Å². The van der Waals surface area contributed by atoms with Gasteiger partial charge in [-0.1, -0.05) is 12.1 Å². The van der Waals surface area contributed by atoms with Crippen LogP contribution in [0.15, 0.2) is 47.6 Å². The van der Waals surface area contributed by atoms with E-state index in [9.17, 15) is 9.59 Å². The standard InChI is InChI=1S/C18H18N2O5/c1-12(21)20-19-10-14-5-8-16(17(9-14)24-2)25-11-13-3-6-15(7-4-13)18(22)23/h3-10H,11H2,1-2H3,(H,20,21)(H,22,23). The number of benzene rings is 2. The molecule has 25 heavy (non-hydrogen) atoms. The molecule has 7 heteroatoms. The number of methoxy groups -OCH3 is 1. The number of ether oxygens (including phenoxy) is 2. The quantitative estimate of drug-likeness (QED) is 0.595. The maximum atomic E-state index is 10.8. The van der Waals surface area contributed by atoms with Gasteiger partial charge in [0.25, 0.3) is 0 Å². The van der Waals surface area contributed by atoms with Crippen molar-refractivity contribution >= 4 is 18.1 Å². The highest BCUT2D eigenvalue weighted by molar-refractivity contribution is 5.87. The summed E-state index contributed by atoms with van der Waals surface area (Å²) < 4.78 is 11.0. The molecule has 0 atom stereocenters. The highest BCUT2D eigenvalue weighted by Gasteiger charge is 2.07. The molecule has 0 aliphatic heterocycles. The lowest BCUT2D eigenvalue weighted by molar-refractivity contribution is -0.118. The molecule has 0 saturated carbocycles. The van der Waals surface area contributed by atoms with Crippen LogP contribution in [-0.4, -0.2) is 30.3 Å². The van der Waals surface area contributed by atoms with Crippen LogP contribution in [0.5, 0.6) is 11.5 Å². The van der Waals surface area contributed by atoms with Crippen molar-refractivity contribution in [2.75, 3.05) is 7.11 Å². The first-order chi connectivity index (χ1) is 12.0. The van der Waals surface area contributed by atoms with Crippen LogP contribution in [0.3, 0.4) is 0 Å². The maximum absolute atomic E-state index is 10.8. The lowest BCUT2D eigenvalue weighted by Gasteiger charge is -2.11. The van der Waals surface area contributed by atoms with Gasteiger partial charge >= 0.3 is 5.97 Å². The number of hydrogen-bond acceptors (Lipinski definition) is 5. The molecule has 0 bridgehead atoms. The predicted molar refractivity (Wildman–Crippen MR) is 92.1 cm³/mol. The summed E-state index contributed by atoms with van der Waals surface area (Å²) in [6.07, 6.45) is 1.50. The Labute approximate surface area is 144 Å². The molecule has 0 saturated heterocycles. The molecule has 2 aromatic rings. The van der Waals surface area contributed by atoms with Gasteiger partial charge in [0.1, 0.15) is 6.61 Å². The molecule has 0 aliphatic carbocycles. The van der Waals surface area contributed by atoms with Gasteiger partial charge in [-0.2, -0.15) is 5.10 Å². The number of hydrogen-bond donors (Lipinski definition) is 2. The third kappa shape index (κ3) is 5.35. The summed E-state index contributed by atoms with van der Waals surface area (Å²) in [5.41, 5.74) is 4.12. The van der Waals surface area contributed by atoms with Gasteiger partial charge in [-0.15, -0.1) is 0 Å². The summed E-state index contributed by atoms with van der Waals surface area (Å²) in [5, 5.41) is 12.7. The molecule has 0 heterocycles. The molecule has 0 unspecified atom stereocenters. The van der Waals surface area contributed by atoms with E-state index in [0.29, 0.717) is 11.5 Å². The summed E-state index contributed by atoms with van der Waals surface area (Å²) >= 11 is 0. The molecule has 2 rings (SSSR count). The minimum Gasteiger partial charge on any atom is -0.493 e. The highest BCUT2D eigenvalue weighted by atomic mass is 16.5. The zero-order chi connectivity index (χ0) is 18.2. The van der Waals surface area contributed by atoms with Crippen molar-refractivity contribution in [1.82, 2.24) is 5.43 Å². The second kappa shape index (κ2) is 8.49. The third-order valence-corrected chi connectivity index (χ3v) is 3.22. The van der Waals surface area contributed by atoms with Crippen LogP contribution in [0, 0.1) is 0 Å². The molecule has 2 N–H and O–H groups in total. The van der Waals surface area contributed by atoms with Gasteiger partial charge in [0, 0.05) is 6.92 Å². The molecule has 0 fully saturated rings. The van der Waals surface area contributed by atoms with E-state index in [4.69, 9.17) is 14.6 Å². The third-order valence-electron chi connectivity index (χ3n) is 3.22. The minimum atomic E-state index is -0.967. The molecule has 0 aromatic heterocycles. The van der Waals surface area contributed by atoms with Crippen molar-refractivity contribution < 1.29 is 24.2 Å². The van der Waals surface area contributed by atoms with Gasteiger partial charge in [0.05, 0.1) is 18.9 Å². The number of carbonyl (C=O) groups excluding carboxylic acids is 1. The fourth-order valence-corrected chi connectivity index (χ4v) is 1.99. The second-order valence-corrected chi connectivity index (χ2v) is 5.13. The topological polar surface area (TPSA) is 97.2 Å². The molecule has 2 aromatic carbocycles. The minimum absolute atomic E-state index is 0.226. The van der Waals surface area contributed by atoms with E-state index in [1.165, 1.54) is 32.4 Å². The van der Waals surface area contributed by atoms with Crippen molar-refractivity contribution in [3.63, 3.8) is 0 Å². The fourth-order valence-electron chi connectivity index (χ4n) is 1.99. The average molecular weight is 342 g/mol. The number of aromatic carboxylic acids is 1. The monoisotopic (exact) mass is 342 g/mol. The van der Waals surface area contributed by atoms with E-state index >= 15 is 0 Å². The van der Waals surface area contributed by atoms with Crippen LogP contribution in [0.1, 0.15) is 28.4 Å². The number of rotatable bonds is 7. The van der Waals surface area contributed by atoms with E-state index in [0.717, 1.165) is 11.1 Å². The smallest absolute Gasteiger partial charge is 0.335 e. The summed E-state index contributed by atoms with van der Waals surface area (Å²) in [4.78, 5) is 21.6. The van der Waals surface area contributed by atoms with Crippen LogP contribution in [0.4, 0.5) is 0 Å². The molecule has 130 valence electrons. The van der Waals surface area contributed by atoms with Gasteiger partial charge in [0.15, 0.2) is 11.5 Å². The summed E-state index contributed by atoms with van der Waals surface area (Å²) in [6.45, 7) is 1.65. The lowest BCUT2D eigenvalue weighted by Crippen LogP contribution is -2.12. The Kier molecular flexibility index (Phi) is 6.11. The summed E-state index contributed by atoms with van der Waals surface area (Å²) in [7, 11) is 1.53. The molecule has 7 nitrogen and oxygen atoms in total. The predicted octanol–water partition coefficient (Wildman–Crippen LogP) is 2.44. The first-order valence-corrected chi connectivity index (χ1v) is 7.42. The highest BCUT2D eigenvalue weighted by Crippen LogP contribution is 2.28. The SMILES string of the molecule is COc1cc(C=NNC(C)=O)ccc1OCc1ccc(C(=O)O)cc1. The normalized spacial score (nSPS) is 10.5.